The third kappa shape index (κ3) is 8.29. The predicted octanol–water partition coefficient (Wildman–Crippen LogP) is 6.52. The first kappa shape index (κ1) is 26.0. The third-order valence-corrected chi connectivity index (χ3v) is 4.75. The molecule has 1 aromatic carbocycles. The molecule has 0 aliphatic rings. The first-order chi connectivity index (χ1) is 15.8. The van der Waals surface area contributed by atoms with E-state index in [4.69, 9.17) is 18.6 Å². The lowest BCUT2D eigenvalue weighted by Gasteiger charge is -2.14. The highest BCUT2D eigenvalue weighted by molar-refractivity contribution is 5.91. The van der Waals surface area contributed by atoms with Gasteiger partial charge in [-0.1, -0.05) is 42.4 Å². The summed E-state index contributed by atoms with van der Waals surface area (Å²) in [6.07, 6.45) is 11.7. The molecule has 1 aromatic heterocycles. The van der Waals surface area contributed by atoms with E-state index in [0.717, 1.165) is 19.3 Å². The van der Waals surface area contributed by atoms with Crippen molar-refractivity contribution in [2.45, 2.75) is 60.3 Å². The number of hydrogen-bond acceptors (Lipinski definition) is 6. The second-order valence-corrected chi connectivity index (χ2v) is 7.97. The minimum atomic E-state index is -0.684. The van der Waals surface area contributed by atoms with Crippen LogP contribution in [0.1, 0.15) is 60.3 Å². The molecular weight excluding hydrogens is 420 g/mol. The standard InChI is InChI=1S/C27H34O6/c1-6-7-8-9-17-30-25-22-14-11-15-23(32-21(5)28)24(22)33-27(29)26(25)31-18-16-20(4)13-10-12-19(2)3/h7-8,11-12,14-16H,6,9-10,13,17-18H2,1-5H3/b8-7?,20-16+. The lowest BCUT2D eigenvalue weighted by Crippen LogP contribution is -2.12. The molecule has 0 bridgehead atoms. The summed E-state index contributed by atoms with van der Waals surface area (Å²) in [5.74, 6) is -0.0493. The van der Waals surface area contributed by atoms with Crippen LogP contribution in [0.25, 0.3) is 11.0 Å². The largest absolute Gasteiger partial charge is 0.488 e. The van der Waals surface area contributed by atoms with Crippen molar-refractivity contribution in [3.8, 4) is 17.2 Å². The van der Waals surface area contributed by atoms with Crippen LogP contribution in [0.3, 0.4) is 0 Å². The Balaban J connectivity index is 2.34. The molecule has 0 spiro atoms. The Morgan fingerprint density at radius 2 is 1.79 bits per heavy atom. The van der Waals surface area contributed by atoms with Crippen LogP contribution in [0.4, 0.5) is 0 Å². The number of esters is 1. The van der Waals surface area contributed by atoms with Crippen LogP contribution >= 0.6 is 0 Å². The SMILES string of the molecule is CCC=CCCOc1c(OC/C=C(\C)CCC=C(C)C)c(=O)oc2c(OC(C)=O)cccc12. The molecule has 0 aliphatic heterocycles. The van der Waals surface area contributed by atoms with Crippen molar-refractivity contribution in [3.05, 3.63) is 64.1 Å². The van der Waals surface area contributed by atoms with Crippen molar-refractivity contribution in [2.24, 2.45) is 0 Å². The molecule has 6 heteroatoms. The van der Waals surface area contributed by atoms with Gasteiger partial charge in [-0.15, -0.1) is 0 Å². The normalized spacial score (nSPS) is 11.6. The van der Waals surface area contributed by atoms with Gasteiger partial charge >= 0.3 is 11.6 Å². The fraction of sp³-hybridized carbons (Fsp3) is 0.407. The fourth-order valence-electron chi connectivity index (χ4n) is 3.13. The van der Waals surface area contributed by atoms with E-state index in [1.807, 2.05) is 19.1 Å². The van der Waals surface area contributed by atoms with Crippen molar-refractivity contribution in [1.29, 1.82) is 0 Å². The highest BCUT2D eigenvalue weighted by atomic mass is 16.5. The Morgan fingerprint density at radius 1 is 1.00 bits per heavy atom. The summed E-state index contributed by atoms with van der Waals surface area (Å²) in [4.78, 5) is 24.3. The van der Waals surface area contributed by atoms with Gasteiger partial charge in [-0.3, -0.25) is 4.79 Å². The van der Waals surface area contributed by atoms with E-state index in [0.29, 0.717) is 18.4 Å². The van der Waals surface area contributed by atoms with Gasteiger partial charge in [-0.25, -0.2) is 4.79 Å². The minimum absolute atomic E-state index is 0.00953. The molecule has 0 saturated heterocycles. The monoisotopic (exact) mass is 454 g/mol. The summed E-state index contributed by atoms with van der Waals surface area (Å²) in [5, 5.41) is 0.507. The van der Waals surface area contributed by atoms with Crippen molar-refractivity contribution in [3.63, 3.8) is 0 Å². The molecule has 33 heavy (non-hydrogen) atoms. The average Bonchev–Trinajstić information content (AvgIpc) is 2.75. The van der Waals surface area contributed by atoms with E-state index in [2.05, 4.69) is 32.9 Å². The van der Waals surface area contributed by atoms with Gasteiger partial charge in [0.1, 0.15) is 6.61 Å². The minimum Gasteiger partial charge on any atom is -0.488 e. The average molecular weight is 455 g/mol. The van der Waals surface area contributed by atoms with Gasteiger partial charge in [0, 0.05) is 6.92 Å². The van der Waals surface area contributed by atoms with Crippen molar-refractivity contribution in [1.82, 2.24) is 0 Å². The van der Waals surface area contributed by atoms with Crippen LogP contribution in [0.2, 0.25) is 0 Å². The number of carbonyl (C=O) groups is 1. The summed E-state index contributed by atoms with van der Waals surface area (Å²) in [6, 6.07) is 5.02. The smallest absolute Gasteiger partial charge is 0.383 e. The first-order valence-corrected chi connectivity index (χ1v) is 11.3. The Labute approximate surface area is 195 Å². The molecule has 0 N–H and O–H groups in total. The molecule has 178 valence electrons. The van der Waals surface area contributed by atoms with Gasteiger partial charge in [0.15, 0.2) is 17.1 Å². The van der Waals surface area contributed by atoms with Gasteiger partial charge in [0.05, 0.1) is 12.0 Å². The molecule has 0 radical (unpaired) electrons. The molecule has 0 atom stereocenters. The maximum Gasteiger partial charge on any atom is 0.383 e. The summed E-state index contributed by atoms with van der Waals surface area (Å²) in [5.41, 5.74) is 1.92. The first-order valence-electron chi connectivity index (χ1n) is 11.3. The van der Waals surface area contributed by atoms with E-state index < -0.39 is 11.6 Å². The molecule has 2 aromatic rings. The summed E-state index contributed by atoms with van der Waals surface area (Å²) in [7, 11) is 0. The lowest BCUT2D eigenvalue weighted by atomic mass is 10.1. The maximum absolute atomic E-state index is 12.8. The second kappa shape index (κ2) is 13.3. The molecule has 1 heterocycles. The van der Waals surface area contributed by atoms with Crippen LogP contribution in [0.15, 0.2) is 62.9 Å². The van der Waals surface area contributed by atoms with Crippen LogP contribution in [0.5, 0.6) is 17.2 Å². The van der Waals surface area contributed by atoms with Crippen LogP contribution < -0.4 is 19.8 Å². The van der Waals surface area contributed by atoms with Gasteiger partial charge in [0.25, 0.3) is 0 Å². The summed E-state index contributed by atoms with van der Waals surface area (Å²) < 4.78 is 22.5. The highest BCUT2D eigenvalue weighted by Crippen LogP contribution is 2.37. The molecule has 0 fully saturated rings. The highest BCUT2D eigenvalue weighted by Gasteiger charge is 2.20. The Hall–Kier alpha value is -3.28. The number of allylic oxidation sites excluding steroid dienone is 4. The predicted molar refractivity (Wildman–Crippen MR) is 131 cm³/mol. The molecule has 0 amide bonds. The zero-order valence-electron chi connectivity index (χ0n) is 20.2. The van der Waals surface area contributed by atoms with Crippen molar-refractivity contribution < 1.29 is 23.4 Å². The number of hydrogen-bond donors (Lipinski definition) is 0. The zero-order chi connectivity index (χ0) is 24.2. The molecule has 2 rings (SSSR count). The maximum atomic E-state index is 12.8. The second-order valence-electron chi connectivity index (χ2n) is 7.97. The Bertz CT molecular complexity index is 1080. The molecule has 6 nitrogen and oxygen atoms in total. The quantitative estimate of drug-likeness (QED) is 0.119. The Kier molecular flexibility index (Phi) is 10.5. The lowest BCUT2D eigenvalue weighted by molar-refractivity contribution is -0.131. The van der Waals surface area contributed by atoms with Gasteiger partial charge in [-0.05, 0) is 64.7 Å². The molecular formula is C27H34O6. The van der Waals surface area contributed by atoms with Crippen LogP contribution in [0, 0.1) is 0 Å². The molecule has 0 aliphatic carbocycles. The van der Waals surface area contributed by atoms with Gasteiger partial charge in [0.2, 0.25) is 5.75 Å². The van der Waals surface area contributed by atoms with Gasteiger partial charge < -0.3 is 18.6 Å². The number of benzene rings is 1. The van der Waals surface area contributed by atoms with Gasteiger partial charge in [-0.2, -0.15) is 0 Å². The molecule has 0 saturated carbocycles. The number of carbonyl (C=O) groups excluding carboxylic acids is 1. The topological polar surface area (TPSA) is 75.0 Å². The van der Waals surface area contributed by atoms with Crippen molar-refractivity contribution >= 4 is 16.9 Å². The van der Waals surface area contributed by atoms with E-state index >= 15 is 0 Å². The molecule has 0 unspecified atom stereocenters. The Morgan fingerprint density at radius 3 is 2.48 bits per heavy atom. The third-order valence-electron chi connectivity index (χ3n) is 4.75. The van der Waals surface area contributed by atoms with E-state index in [-0.39, 0.29) is 29.4 Å². The zero-order valence-corrected chi connectivity index (χ0v) is 20.2. The number of rotatable bonds is 12. The summed E-state index contributed by atoms with van der Waals surface area (Å²) >= 11 is 0. The summed E-state index contributed by atoms with van der Waals surface area (Å²) in [6.45, 7) is 10.1. The number of para-hydroxylation sites is 1. The van der Waals surface area contributed by atoms with E-state index in [1.54, 1.807) is 18.2 Å². The van der Waals surface area contributed by atoms with E-state index in [9.17, 15) is 9.59 Å². The van der Waals surface area contributed by atoms with Crippen LogP contribution in [-0.4, -0.2) is 19.2 Å². The van der Waals surface area contributed by atoms with Crippen LogP contribution in [-0.2, 0) is 4.79 Å². The fourth-order valence-corrected chi connectivity index (χ4v) is 3.13. The van der Waals surface area contributed by atoms with Crippen molar-refractivity contribution in [2.75, 3.05) is 13.2 Å². The number of fused-ring (bicyclic) bond motifs is 1. The van der Waals surface area contributed by atoms with E-state index in [1.165, 1.54) is 18.1 Å². The number of ether oxygens (including phenoxy) is 3.